The zero-order chi connectivity index (χ0) is 52.4. The lowest BCUT2D eigenvalue weighted by Crippen LogP contribution is -2.61. The van der Waals surface area contributed by atoms with E-state index in [0.717, 1.165) is 38.5 Å². The van der Waals surface area contributed by atoms with Crippen LogP contribution in [0.15, 0.2) is 60.8 Å². The first-order valence-corrected chi connectivity index (χ1v) is 27.9. The Morgan fingerprint density at radius 2 is 0.903 bits per heavy atom. The van der Waals surface area contributed by atoms with Crippen LogP contribution in [0, 0.1) is 0 Å². The lowest BCUT2D eigenvalue weighted by molar-refractivity contribution is -0.332. The fourth-order valence-electron chi connectivity index (χ4n) is 8.46. The molecule has 0 saturated carbocycles. The number of rotatable bonds is 43. The number of aliphatic hydroxyl groups is 7. The summed E-state index contributed by atoms with van der Waals surface area (Å²) >= 11 is 0. The molecule has 11 unspecified atom stereocenters. The van der Waals surface area contributed by atoms with E-state index in [1.807, 2.05) is 18.2 Å². The van der Waals surface area contributed by atoms with Gasteiger partial charge in [-0.05, 0) is 64.2 Å². The van der Waals surface area contributed by atoms with Crippen LogP contribution in [0.3, 0.4) is 0 Å². The first-order chi connectivity index (χ1) is 35.0. The highest BCUT2D eigenvalue weighted by Crippen LogP contribution is 2.26. The Hall–Kier alpha value is -2.80. The number of ether oxygens (including phenoxy) is 6. The van der Waals surface area contributed by atoms with E-state index in [0.29, 0.717) is 19.3 Å². The van der Waals surface area contributed by atoms with Gasteiger partial charge in [-0.25, -0.2) is 0 Å². The average Bonchev–Trinajstić information content (AvgIpc) is 3.37. The van der Waals surface area contributed by atoms with E-state index < -0.39 is 99.3 Å². The van der Waals surface area contributed by atoms with Crippen LogP contribution in [-0.2, 0) is 38.0 Å². The van der Waals surface area contributed by atoms with E-state index >= 15 is 0 Å². The van der Waals surface area contributed by atoms with Crippen LogP contribution in [0.25, 0.3) is 0 Å². The van der Waals surface area contributed by atoms with Gasteiger partial charge in [-0.15, -0.1) is 0 Å². The molecule has 0 amide bonds. The molecular weight excluding hydrogens is 925 g/mol. The van der Waals surface area contributed by atoms with Gasteiger partial charge in [-0.2, -0.15) is 0 Å². The summed E-state index contributed by atoms with van der Waals surface area (Å²) in [5.74, 6) is -1.02. The van der Waals surface area contributed by atoms with Crippen molar-refractivity contribution in [3.63, 3.8) is 0 Å². The predicted octanol–water partition coefficient (Wildman–Crippen LogP) is 8.83. The molecule has 2 rings (SSSR count). The minimum absolute atomic E-state index is 0.0425. The van der Waals surface area contributed by atoms with Gasteiger partial charge in [0.1, 0.15) is 55.4 Å². The molecular formula is C57H98O15. The summed E-state index contributed by atoms with van der Waals surface area (Å²) in [6.07, 6.45) is 34.2. The minimum atomic E-state index is -1.78. The molecule has 2 heterocycles. The second-order valence-corrected chi connectivity index (χ2v) is 19.4. The number of esters is 2. The van der Waals surface area contributed by atoms with Crippen molar-refractivity contribution in [1.29, 1.82) is 0 Å². The number of allylic oxidation sites excluding steroid dienone is 10. The van der Waals surface area contributed by atoms with Crippen LogP contribution in [-0.4, -0.2) is 142 Å². The van der Waals surface area contributed by atoms with Crippen LogP contribution in [0.4, 0.5) is 0 Å². The van der Waals surface area contributed by atoms with Gasteiger partial charge in [0.05, 0.1) is 19.8 Å². The second kappa shape index (κ2) is 43.4. The number of carbonyl (C=O) groups excluding carboxylic acids is 2. The van der Waals surface area contributed by atoms with Gasteiger partial charge in [-0.3, -0.25) is 9.59 Å². The second-order valence-electron chi connectivity index (χ2n) is 19.4. The first kappa shape index (κ1) is 65.3. The molecule has 416 valence electrons. The zero-order valence-electron chi connectivity index (χ0n) is 44.1. The monoisotopic (exact) mass is 1020 g/mol. The maximum Gasteiger partial charge on any atom is 0.306 e. The summed E-state index contributed by atoms with van der Waals surface area (Å²) in [5, 5.41) is 72.1. The van der Waals surface area contributed by atoms with E-state index in [4.69, 9.17) is 28.4 Å². The van der Waals surface area contributed by atoms with Crippen molar-refractivity contribution in [3.8, 4) is 0 Å². The molecule has 0 aromatic rings. The predicted molar refractivity (Wildman–Crippen MR) is 280 cm³/mol. The lowest BCUT2D eigenvalue weighted by atomic mass is 9.98. The Bertz CT molecular complexity index is 1480. The Morgan fingerprint density at radius 3 is 1.43 bits per heavy atom. The highest BCUT2D eigenvalue weighted by molar-refractivity contribution is 5.70. The van der Waals surface area contributed by atoms with Crippen molar-refractivity contribution in [3.05, 3.63) is 60.8 Å². The smallest absolute Gasteiger partial charge is 0.306 e. The molecule has 11 atom stereocenters. The van der Waals surface area contributed by atoms with Gasteiger partial charge >= 0.3 is 11.9 Å². The van der Waals surface area contributed by atoms with Gasteiger partial charge in [0.2, 0.25) is 0 Å². The third kappa shape index (κ3) is 30.5. The third-order valence-electron chi connectivity index (χ3n) is 13.0. The summed E-state index contributed by atoms with van der Waals surface area (Å²) in [4.78, 5) is 25.8. The average molecular weight is 1020 g/mol. The number of aliphatic hydroxyl groups excluding tert-OH is 7. The summed E-state index contributed by atoms with van der Waals surface area (Å²) in [6, 6.07) is 0. The maximum absolute atomic E-state index is 13.0. The first-order valence-electron chi connectivity index (χ1n) is 27.9. The lowest BCUT2D eigenvalue weighted by Gasteiger charge is -2.42. The highest BCUT2D eigenvalue weighted by Gasteiger charge is 2.47. The molecule has 2 aliphatic rings. The van der Waals surface area contributed by atoms with E-state index in [2.05, 4.69) is 56.4 Å². The van der Waals surface area contributed by atoms with Crippen molar-refractivity contribution >= 4 is 11.9 Å². The molecule has 0 aliphatic carbocycles. The highest BCUT2D eigenvalue weighted by atomic mass is 16.7. The third-order valence-corrected chi connectivity index (χ3v) is 13.0. The van der Waals surface area contributed by atoms with Gasteiger partial charge in [-0.1, -0.05) is 177 Å². The fourth-order valence-corrected chi connectivity index (χ4v) is 8.46. The molecule has 72 heavy (non-hydrogen) atoms. The van der Waals surface area contributed by atoms with E-state index in [9.17, 15) is 45.3 Å². The van der Waals surface area contributed by atoms with Crippen molar-refractivity contribution in [2.75, 3.05) is 26.4 Å². The number of unbranched alkanes of at least 4 members (excludes halogenated alkanes) is 19. The number of carbonyl (C=O) groups is 2. The van der Waals surface area contributed by atoms with Gasteiger partial charge in [0.25, 0.3) is 0 Å². The van der Waals surface area contributed by atoms with Gasteiger partial charge < -0.3 is 64.2 Å². The largest absolute Gasteiger partial charge is 0.462 e. The Balaban J connectivity index is 1.75. The summed E-state index contributed by atoms with van der Waals surface area (Å²) < 4.78 is 33.5. The van der Waals surface area contributed by atoms with Crippen LogP contribution in [0.1, 0.15) is 194 Å². The van der Waals surface area contributed by atoms with Crippen LogP contribution < -0.4 is 0 Å². The van der Waals surface area contributed by atoms with Crippen molar-refractivity contribution in [2.45, 2.75) is 261 Å². The van der Waals surface area contributed by atoms with E-state index in [1.54, 1.807) is 0 Å². The summed E-state index contributed by atoms with van der Waals surface area (Å²) in [7, 11) is 0. The molecule has 2 fully saturated rings. The maximum atomic E-state index is 13.0. The van der Waals surface area contributed by atoms with Crippen molar-refractivity contribution < 1.29 is 73.8 Å². The molecule has 0 aromatic carbocycles. The molecule has 7 N–H and O–H groups in total. The Morgan fingerprint density at radius 1 is 0.458 bits per heavy atom. The fraction of sp³-hybridized carbons (Fsp3) is 0.789. The molecule has 15 nitrogen and oxygen atoms in total. The molecule has 0 radical (unpaired) electrons. The molecule has 2 aliphatic heterocycles. The minimum Gasteiger partial charge on any atom is -0.462 e. The normalized spacial score (nSPS) is 25.5. The topological polar surface area (TPSA) is 231 Å². The van der Waals surface area contributed by atoms with Crippen LogP contribution in [0.2, 0.25) is 0 Å². The standard InChI is InChI=1S/C57H98O15/c1-3-5-7-9-11-13-15-17-18-19-20-21-22-23-24-25-26-28-29-31-33-35-37-39-48(59)67-42-45(70-49(60)40-38-36-34-32-30-27-16-14-12-10-8-6-4-2)43-68-56-55(66)53(64)51(62)47(72-56)44-69-57-54(65)52(63)50(61)46(41-58)71-57/h6,8,12,14,19-20,27,30,34,36,45-47,50-58,61-66H,3-5,7,9-11,13,15-18,21-26,28-29,31-33,35,37-44H2,1-2H3/b8-6-,14-12-,20-19-,30-27-,36-34-. The molecule has 0 aromatic heterocycles. The van der Waals surface area contributed by atoms with Crippen LogP contribution >= 0.6 is 0 Å². The van der Waals surface area contributed by atoms with Crippen LogP contribution in [0.5, 0.6) is 0 Å². The van der Waals surface area contributed by atoms with E-state index in [1.165, 1.54) is 109 Å². The molecule has 0 bridgehead atoms. The molecule has 15 heteroatoms. The van der Waals surface area contributed by atoms with Gasteiger partial charge in [0.15, 0.2) is 18.7 Å². The quantitative estimate of drug-likeness (QED) is 0.0172. The Labute approximate surface area is 432 Å². The van der Waals surface area contributed by atoms with Crippen molar-refractivity contribution in [2.24, 2.45) is 0 Å². The summed E-state index contributed by atoms with van der Waals surface area (Å²) in [6.45, 7) is 2.40. The Kier molecular flexibility index (Phi) is 39.4. The number of hydrogen-bond donors (Lipinski definition) is 7. The van der Waals surface area contributed by atoms with Crippen molar-refractivity contribution in [1.82, 2.24) is 0 Å². The zero-order valence-corrected chi connectivity index (χ0v) is 44.1. The van der Waals surface area contributed by atoms with E-state index in [-0.39, 0.29) is 19.4 Å². The van der Waals surface area contributed by atoms with Gasteiger partial charge in [0, 0.05) is 12.8 Å². The SMILES string of the molecule is CC/C=C\C/C=C\C/C=C\C/C=C\CCC(=O)OC(COC(=O)CCCCCCCCCCCCC/C=C\CCCCCCCCCC)COC1OC(COC2OC(CO)C(O)C(O)C2O)C(O)C(O)C1O. The molecule has 0 spiro atoms. The molecule has 2 saturated heterocycles. The summed E-state index contributed by atoms with van der Waals surface area (Å²) in [5.41, 5.74) is 0. The number of hydrogen-bond acceptors (Lipinski definition) is 15.